The summed E-state index contributed by atoms with van der Waals surface area (Å²) in [5, 5.41) is 4.04. The first-order chi connectivity index (χ1) is 9.54. The maximum Gasteiger partial charge on any atom is 0.126 e. The first-order valence-electron chi connectivity index (χ1n) is 6.31. The second kappa shape index (κ2) is 6.68. The molecule has 20 heavy (non-hydrogen) atoms. The van der Waals surface area contributed by atoms with Crippen LogP contribution in [0.15, 0.2) is 36.4 Å². The maximum atomic E-state index is 5.86. The second-order valence-corrected chi connectivity index (χ2v) is 5.43. The zero-order valence-electron chi connectivity index (χ0n) is 11.2. The molecule has 0 atom stereocenters. The van der Waals surface area contributed by atoms with E-state index in [2.05, 4.69) is 10.3 Å². The number of hydrogen-bond acceptors (Lipinski definition) is 3. The van der Waals surface area contributed by atoms with E-state index >= 15 is 0 Å². The third kappa shape index (κ3) is 4.18. The highest BCUT2D eigenvalue weighted by atomic mass is 35.5. The van der Waals surface area contributed by atoms with Crippen LogP contribution in [0.3, 0.4) is 0 Å². The van der Waals surface area contributed by atoms with Crippen molar-refractivity contribution >= 4 is 34.6 Å². The molecule has 0 saturated carbocycles. The molecule has 0 fully saturated rings. The lowest BCUT2D eigenvalue weighted by atomic mass is 10.1. The largest absolute Gasteiger partial charge is 0.389 e. The van der Waals surface area contributed by atoms with Gasteiger partial charge in [-0.05, 0) is 43.2 Å². The zero-order chi connectivity index (χ0) is 14.5. The molecule has 0 spiro atoms. The first-order valence-corrected chi connectivity index (χ1v) is 7.10. The Kier molecular flexibility index (Phi) is 4.93. The Hall–Kier alpha value is -1.65. The van der Waals surface area contributed by atoms with E-state index < -0.39 is 0 Å². The molecule has 104 valence electrons. The van der Waals surface area contributed by atoms with Gasteiger partial charge in [0.25, 0.3) is 0 Å². The molecule has 3 N–H and O–H groups in total. The van der Waals surface area contributed by atoms with Crippen LogP contribution in [0.25, 0.3) is 0 Å². The van der Waals surface area contributed by atoms with Crippen LogP contribution in [0.1, 0.15) is 16.8 Å². The average molecular weight is 306 g/mol. The summed E-state index contributed by atoms with van der Waals surface area (Å²) in [6, 6.07) is 11.6. The van der Waals surface area contributed by atoms with Crippen molar-refractivity contribution in [2.24, 2.45) is 5.73 Å². The number of anilines is 1. The third-order valence-electron chi connectivity index (χ3n) is 2.87. The Morgan fingerprint density at radius 3 is 2.65 bits per heavy atom. The average Bonchev–Trinajstić information content (AvgIpc) is 2.40. The molecule has 2 rings (SSSR count). The molecule has 1 aromatic heterocycles. The highest BCUT2D eigenvalue weighted by Crippen LogP contribution is 2.12. The number of thiocarbonyl (C=S) groups is 1. The van der Waals surface area contributed by atoms with E-state index in [-0.39, 0.29) is 0 Å². The number of nitrogens with zero attached hydrogens (tertiary/aromatic N) is 1. The van der Waals surface area contributed by atoms with E-state index in [4.69, 9.17) is 29.6 Å². The Balaban J connectivity index is 1.97. The molecule has 0 aliphatic carbocycles. The highest BCUT2D eigenvalue weighted by Gasteiger charge is 2.02. The van der Waals surface area contributed by atoms with Gasteiger partial charge in [0, 0.05) is 22.8 Å². The summed E-state index contributed by atoms with van der Waals surface area (Å²) in [6.45, 7) is 2.71. The van der Waals surface area contributed by atoms with Crippen molar-refractivity contribution < 1.29 is 0 Å². The summed E-state index contributed by atoms with van der Waals surface area (Å²) >= 11 is 10.8. The lowest BCUT2D eigenvalue weighted by molar-refractivity contribution is 1.00. The summed E-state index contributed by atoms with van der Waals surface area (Å²) in [6.07, 6.45) is 0.898. The number of nitrogens with one attached hydrogen (secondary N) is 1. The normalized spacial score (nSPS) is 10.3. The quantitative estimate of drug-likeness (QED) is 0.832. The van der Waals surface area contributed by atoms with Gasteiger partial charge in [0.15, 0.2) is 0 Å². The summed E-state index contributed by atoms with van der Waals surface area (Å²) in [5.41, 5.74) is 8.60. The van der Waals surface area contributed by atoms with E-state index in [9.17, 15) is 0 Å². The number of aryl methyl sites for hydroxylation is 1. The second-order valence-electron chi connectivity index (χ2n) is 4.55. The van der Waals surface area contributed by atoms with Crippen LogP contribution in [0.4, 0.5) is 5.82 Å². The van der Waals surface area contributed by atoms with E-state index in [1.165, 1.54) is 5.56 Å². The van der Waals surface area contributed by atoms with Crippen LogP contribution in [-0.2, 0) is 6.42 Å². The van der Waals surface area contributed by atoms with Gasteiger partial charge in [-0.2, -0.15) is 0 Å². The van der Waals surface area contributed by atoms with Crippen LogP contribution in [0.2, 0.25) is 5.02 Å². The molecule has 0 saturated heterocycles. The van der Waals surface area contributed by atoms with Crippen molar-refractivity contribution in [1.82, 2.24) is 4.98 Å². The molecule has 0 radical (unpaired) electrons. The number of benzene rings is 1. The molecule has 1 aromatic carbocycles. The van der Waals surface area contributed by atoms with E-state index in [0.717, 1.165) is 35.1 Å². The molecule has 0 amide bonds. The highest BCUT2D eigenvalue weighted by molar-refractivity contribution is 7.80. The third-order valence-corrected chi connectivity index (χ3v) is 3.36. The summed E-state index contributed by atoms with van der Waals surface area (Å²) in [5.74, 6) is 0.793. The van der Waals surface area contributed by atoms with Gasteiger partial charge in [-0.15, -0.1) is 0 Å². The molecule has 0 unspecified atom stereocenters. The van der Waals surface area contributed by atoms with Crippen molar-refractivity contribution in [2.75, 3.05) is 11.9 Å². The van der Waals surface area contributed by atoms with Gasteiger partial charge in [-0.3, -0.25) is 0 Å². The maximum absolute atomic E-state index is 5.86. The molecule has 0 aliphatic heterocycles. The van der Waals surface area contributed by atoms with Crippen LogP contribution in [0.5, 0.6) is 0 Å². The summed E-state index contributed by atoms with van der Waals surface area (Å²) in [4.78, 5) is 4.80. The fourth-order valence-electron chi connectivity index (χ4n) is 1.89. The summed E-state index contributed by atoms with van der Waals surface area (Å²) < 4.78 is 0. The number of rotatable bonds is 5. The molecule has 1 heterocycles. The molecule has 0 aliphatic rings. The first kappa shape index (κ1) is 14.8. The Morgan fingerprint density at radius 1 is 1.30 bits per heavy atom. The van der Waals surface area contributed by atoms with Gasteiger partial charge in [0.05, 0.1) is 0 Å². The SMILES string of the molecule is Cc1cc(C(N)=S)cc(NCCc2ccc(Cl)cc2)n1. The number of hydrogen-bond donors (Lipinski definition) is 2. The molecular formula is C15H16ClN3S. The minimum absolute atomic E-state index is 0.385. The minimum atomic E-state index is 0.385. The minimum Gasteiger partial charge on any atom is -0.389 e. The van der Waals surface area contributed by atoms with Crippen molar-refractivity contribution in [1.29, 1.82) is 0 Å². The van der Waals surface area contributed by atoms with Crippen molar-refractivity contribution in [3.05, 3.63) is 58.2 Å². The topological polar surface area (TPSA) is 50.9 Å². The predicted molar refractivity (Wildman–Crippen MR) is 88.5 cm³/mol. The predicted octanol–water partition coefficient (Wildman–Crippen LogP) is 3.33. The van der Waals surface area contributed by atoms with Crippen molar-refractivity contribution in [3.8, 4) is 0 Å². The van der Waals surface area contributed by atoms with Gasteiger partial charge in [0.2, 0.25) is 0 Å². The molecule has 3 nitrogen and oxygen atoms in total. The van der Waals surface area contributed by atoms with E-state index in [1.807, 2.05) is 43.3 Å². The molecule has 0 bridgehead atoms. The Bertz CT molecular complexity index is 611. The fourth-order valence-corrected chi connectivity index (χ4v) is 2.13. The lowest BCUT2D eigenvalue weighted by Crippen LogP contribution is -2.12. The fraction of sp³-hybridized carbons (Fsp3) is 0.200. The van der Waals surface area contributed by atoms with Gasteiger partial charge in [0.1, 0.15) is 10.8 Å². The van der Waals surface area contributed by atoms with Crippen LogP contribution < -0.4 is 11.1 Å². The van der Waals surface area contributed by atoms with Crippen molar-refractivity contribution in [2.45, 2.75) is 13.3 Å². The van der Waals surface area contributed by atoms with Gasteiger partial charge < -0.3 is 11.1 Å². The number of aromatic nitrogens is 1. The number of halogens is 1. The van der Waals surface area contributed by atoms with Gasteiger partial charge in [-0.1, -0.05) is 36.0 Å². The van der Waals surface area contributed by atoms with Crippen LogP contribution >= 0.6 is 23.8 Å². The zero-order valence-corrected chi connectivity index (χ0v) is 12.8. The smallest absolute Gasteiger partial charge is 0.126 e. The Labute approximate surface area is 129 Å². The standard InChI is InChI=1S/C15H16ClN3S/c1-10-8-12(15(17)20)9-14(19-10)18-7-6-11-2-4-13(16)5-3-11/h2-5,8-9H,6-7H2,1H3,(H2,17,20)(H,18,19). The molecule has 2 aromatic rings. The number of pyridine rings is 1. The van der Waals surface area contributed by atoms with Crippen molar-refractivity contribution in [3.63, 3.8) is 0 Å². The van der Waals surface area contributed by atoms with Gasteiger partial charge in [-0.25, -0.2) is 4.98 Å². The summed E-state index contributed by atoms with van der Waals surface area (Å²) in [7, 11) is 0. The number of nitrogens with two attached hydrogens (primary N) is 1. The lowest BCUT2D eigenvalue weighted by Gasteiger charge is -2.09. The Morgan fingerprint density at radius 2 is 2.00 bits per heavy atom. The van der Waals surface area contributed by atoms with Crippen LogP contribution in [-0.4, -0.2) is 16.5 Å². The molecule has 5 heteroatoms. The van der Waals surface area contributed by atoms with Gasteiger partial charge >= 0.3 is 0 Å². The monoisotopic (exact) mass is 305 g/mol. The van der Waals surface area contributed by atoms with E-state index in [0.29, 0.717) is 4.99 Å². The molecular weight excluding hydrogens is 290 g/mol. The van der Waals surface area contributed by atoms with Crippen LogP contribution in [0, 0.1) is 6.92 Å². The van der Waals surface area contributed by atoms with E-state index in [1.54, 1.807) is 0 Å².